The van der Waals surface area contributed by atoms with Gasteiger partial charge >= 0.3 is 0 Å². The van der Waals surface area contributed by atoms with Crippen LogP contribution in [-0.2, 0) is 4.79 Å². The molecule has 1 N–H and O–H groups in total. The summed E-state index contributed by atoms with van der Waals surface area (Å²) in [4.78, 5) is 13.2. The van der Waals surface area contributed by atoms with Crippen LogP contribution in [0.25, 0.3) is 5.69 Å². The van der Waals surface area contributed by atoms with Crippen molar-refractivity contribution in [3.63, 3.8) is 0 Å². The number of amides is 1. The van der Waals surface area contributed by atoms with Crippen LogP contribution < -0.4 is 5.43 Å². The molecule has 1 heterocycles. The summed E-state index contributed by atoms with van der Waals surface area (Å²) >= 11 is 1.67. The van der Waals surface area contributed by atoms with E-state index in [1.807, 2.05) is 30.3 Å². The highest BCUT2D eigenvalue weighted by atomic mass is 32.2. The fourth-order valence-corrected chi connectivity index (χ4v) is 4.23. The van der Waals surface area contributed by atoms with Crippen LogP contribution in [0.2, 0.25) is 0 Å². The Kier molecular flexibility index (Phi) is 6.94. The number of rotatable bonds is 7. The van der Waals surface area contributed by atoms with Gasteiger partial charge in [-0.2, -0.15) is 5.10 Å². The van der Waals surface area contributed by atoms with Crippen LogP contribution in [0.5, 0.6) is 0 Å². The zero-order valence-electron chi connectivity index (χ0n) is 17.4. The van der Waals surface area contributed by atoms with E-state index in [9.17, 15) is 4.79 Å². The largest absolute Gasteiger partial charge is 0.318 e. The number of carbonyl (C=O) groups is 1. The van der Waals surface area contributed by atoms with Crippen LogP contribution >= 0.6 is 11.8 Å². The van der Waals surface area contributed by atoms with Crippen LogP contribution in [-0.4, -0.2) is 22.4 Å². The maximum absolute atomic E-state index is 12.0. The van der Waals surface area contributed by atoms with Gasteiger partial charge in [-0.25, -0.2) is 5.43 Å². The molecule has 0 aliphatic heterocycles. The number of thioether (sulfide) groups is 1. The molecule has 0 fully saturated rings. The minimum atomic E-state index is -0.0760. The van der Waals surface area contributed by atoms with Gasteiger partial charge in [-0.3, -0.25) is 4.79 Å². The minimum Gasteiger partial charge on any atom is -0.318 e. The van der Waals surface area contributed by atoms with Crippen molar-refractivity contribution in [2.45, 2.75) is 39.0 Å². The van der Waals surface area contributed by atoms with Crippen LogP contribution in [0.1, 0.15) is 34.5 Å². The van der Waals surface area contributed by atoms with Crippen LogP contribution in [0.15, 0.2) is 64.6 Å². The fourth-order valence-electron chi connectivity index (χ4n) is 3.35. The lowest BCUT2D eigenvalue weighted by Crippen LogP contribution is -2.17. The minimum absolute atomic E-state index is 0.0760. The van der Waals surface area contributed by atoms with Gasteiger partial charge in [0.15, 0.2) is 0 Å². The van der Waals surface area contributed by atoms with Crippen LogP contribution in [0.3, 0.4) is 0 Å². The average Bonchev–Trinajstić information content (AvgIpc) is 2.96. The molecule has 5 heteroatoms. The molecule has 4 nitrogen and oxygen atoms in total. The molecular formula is C24H27N3OS. The Hall–Kier alpha value is -2.79. The summed E-state index contributed by atoms with van der Waals surface area (Å²) in [7, 11) is 0. The standard InChI is InChI=1S/C24H27N3OS/c1-17-10-11-23(18(2)14-17)27-19(3)15-21(20(27)4)16-25-26-24(28)12-13-29-22-8-6-5-7-9-22/h5-11,14-16H,12-13H2,1-4H3,(H,26,28)/b25-16+. The Balaban J connectivity index is 1.60. The molecule has 0 saturated heterocycles. The molecule has 0 bridgehead atoms. The fraction of sp³-hybridized carbons (Fsp3) is 0.250. The highest BCUT2D eigenvalue weighted by Crippen LogP contribution is 2.23. The first-order valence-corrected chi connectivity index (χ1v) is 10.7. The summed E-state index contributed by atoms with van der Waals surface area (Å²) < 4.78 is 2.23. The lowest BCUT2D eigenvalue weighted by atomic mass is 10.1. The molecule has 1 amide bonds. The molecule has 0 radical (unpaired) electrons. The van der Waals surface area contributed by atoms with Gasteiger partial charge in [-0.1, -0.05) is 35.9 Å². The van der Waals surface area contributed by atoms with E-state index in [0.717, 1.165) is 22.7 Å². The zero-order valence-corrected chi connectivity index (χ0v) is 18.2. The van der Waals surface area contributed by atoms with Gasteiger partial charge in [-0.05, 0) is 57.5 Å². The Bertz CT molecular complexity index is 1020. The first-order chi connectivity index (χ1) is 14.0. The SMILES string of the molecule is Cc1ccc(-n2c(C)cc(/C=N/NC(=O)CCSc3ccccc3)c2C)c(C)c1. The third-order valence-electron chi connectivity index (χ3n) is 4.80. The van der Waals surface area contributed by atoms with E-state index in [-0.39, 0.29) is 5.91 Å². The second-order valence-corrected chi connectivity index (χ2v) is 8.32. The molecule has 150 valence electrons. The van der Waals surface area contributed by atoms with E-state index >= 15 is 0 Å². The highest BCUT2D eigenvalue weighted by Gasteiger charge is 2.11. The average molecular weight is 406 g/mol. The zero-order chi connectivity index (χ0) is 20.8. The number of aryl methyl sites for hydroxylation is 3. The normalized spacial score (nSPS) is 11.2. The Labute approximate surface area is 177 Å². The van der Waals surface area contributed by atoms with E-state index in [2.05, 4.69) is 67.1 Å². The third kappa shape index (κ3) is 5.39. The highest BCUT2D eigenvalue weighted by molar-refractivity contribution is 7.99. The second kappa shape index (κ2) is 9.61. The summed E-state index contributed by atoms with van der Waals surface area (Å²) in [5.74, 6) is 0.653. The smallest absolute Gasteiger partial charge is 0.240 e. The molecular weight excluding hydrogens is 378 g/mol. The molecule has 29 heavy (non-hydrogen) atoms. The van der Waals surface area contributed by atoms with Crippen molar-refractivity contribution >= 4 is 23.9 Å². The van der Waals surface area contributed by atoms with Crippen molar-refractivity contribution in [3.05, 3.63) is 82.7 Å². The van der Waals surface area contributed by atoms with Gasteiger partial charge in [-0.15, -0.1) is 11.8 Å². The van der Waals surface area contributed by atoms with E-state index < -0.39 is 0 Å². The van der Waals surface area contributed by atoms with Gasteiger partial charge < -0.3 is 4.57 Å². The first-order valence-electron chi connectivity index (χ1n) is 9.72. The van der Waals surface area contributed by atoms with Crippen molar-refractivity contribution in [2.24, 2.45) is 5.10 Å². The number of nitrogens with zero attached hydrogens (tertiary/aromatic N) is 2. The molecule has 3 aromatic rings. The van der Waals surface area contributed by atoms with Crippen LogP contribution in [0.4, 0.5) is 0 Å². The molecule has 0 aliphatic carbocycles. The number of hydrogen-bond acceptors (Lipinski definition) is 3. The number of hydrogen-bond donors (Lipinski definition) is 1. The summed E-state index contributed by atoms with van der Waals surface area (Å²) in [6.45, 7) is 8.39. The Morgan fingerprint density at radius 2 is 1.83 bits per heavy atom. The van der Waals surface area contributed by atoms with Crippen LogP contribution in [0, 0.1) is 27.7 Å². The van der Waals surface area contributed by atoms with Crippen molar-refractivity contribution in [3.8, 4) is 5.69 Å². The van der Waals surface area contributed by atoms with Crippen molar-refractivity contribution in [2.75, 3.05) is 5.75 Å². The topological polar surface area (TPSA) is 46.4 Å². The molecule has 0 spiro atoms. The van der Waals surface area contributed by atoms with E-state index in [1.54, 1.807) is 18.0 Å². The Morgan fingerprint density at radius 3 is 2.55 bits per heavy atom. The Morgan fingerprint density at radius 1 is 1.07 bits per heavy atom. The quantitative estimate of drug-likeness (QED) is 0.327. The maximum Gasteiger partial charge on any atom is 0.240 e. The summed E-state index contributed by atoms with van der Waals surface area (Å²) in [6.07, 6.45) is 2.16. The predicted octanol–water partition coefficient (Wildman–Crippen LogP) is 5.34. The second-order valence-electron chi connectivity index (χ2n) is 7.16. The predicted molar refractivity (Wildman–Crippen MR) is 122 cm³/mol. The molecule has 0 unspecified atom stereocenters. The van der Waals surface area contributed by atoms with E-state index in [0.29, 0.717) is 6.42 Å². The summed E-state index contributed by atoms with van der Waals surface area (Å²) in [5, 5.41) is 4.17. The number of benzene rings is 2. The molecule has 0 aliphatic rings. The molecule has 0 atom stereocenters. The number of hydrazone groups is 1. The lowest BCUT2D eigenvalue weighted by molar-refractivity contribution is -0.120. The molecule has 3 rings (SSSR count). The lowest BCUT2D eigenvalue weighted by Gasteiger charge is -2.13. The van der Waals surface area contributed by atoms with E-state index in [4.69, 9.17) is 0 Å². The van der Waals surface area contributed by atoms with Gasteiger partial charge in [0.25, 0.3) is 0 Å². The number of aromatic nitrogens is 1. The van der Waals surface area contributed by atoms with Gasteiger partial charge in [0, 0.05) is 39.7 Å². The monoisotopic (exact) mass is 405 g/mol. The van der Waals surface area contributed by atoms with Gasteiger partial charge in [0.2, 0.25) is 5.91 Å². The van der Waals surface area contributed by atoms with E-state index in [1.165, 1.54) is 21.7 Å². The molecule has 2 aromatic carbocycles. The van der Waals surface area contributed by atoms with Gasteiger partial charge in [0.05, 0.1) is 6.21 Å². The summed E-state index contributed by atoms with van der Waals surface area (Å²) in [6, 6.07) is 18.6. The van der Waals surface area contributed by atoms with Crippen molar-refractivity contribution < 1.29 is 4.79 Å². The summed E-state index contributed by atoms with van der Waals surface area (Å²) in [5.41, 5.74) is 9.55. The number of carbonyl (C=O) groups excluding carboxylic acids is 1. The number of nitrogens with one attached hydrogen (secondary N) is 1. The first kappa shape index (κ1) is 20.9. The third-order valence-corrected chi connectivity index (χ3v) is 5.81. The van der Waals surface area contributed by atoms with Crippen molar-refractivity contribution in [1.82, 2.24) is 9.99 Å². The molecule has 1 aromatic heterocycles. The van der Waals surface area contributed by atoms with Crippen molar-refractivity contribution in [1.29, 1.82) is 0 Å². The maximum atomic E-state index is 12.0. The molecule has 0 saturated carbocycles. The van der Waals surface area contributed by atoms with Gasteiger partial charge in [0.1, 0.15) is 0 Å².